The van der Waals surface area contributed by atoms with Gasteiger partial charge in [0.05, 0.1) is 24.7 Å². The Balaban J connectivity index is 5.33. The molecule has 0 heterocycles. The highest BCUT2D eigenvalue weighted by Gasteiger charge is 2.31. The fourth-order valence-corrected chi connectivity index (χ4v) is 1.95. The van der Waals surface area contributed by atoms with Gasteiger partial charge < -0.3 is 9.47 Å². The number of carbonyl (C=O) groups excluding carboxylic acids is 2. The van der Waals surface area contributed by atoms with E-state index in [0.717, 1.165) is 5.57 Å². The van der Waals surface area contributed by atoms with Crippen LogP contribution in [0.15, 0.2) is 11.1 Å². The molecule has 0 spiro atoms. The Morgan fingerprint density at radius 1 is 1.00 bits per heavy atom. The summed E-state index contributed by atoms with van der Waals surface area (Å²) in [6.45, 7) is 11.8. The third-order valence-corrected chi connectivity index (χ3v) is 2.66. The quantitative estimate of drug-likeness (QED) is 0.527. The Bertz CT molecular complexity index is 338. The van der Waals surface area contributed by atoms with Crippen molar-refractivity contribution >= 4 is 11.9 Å². The van der Waals surface area contributed by atoms with Crippen LogP contribution >= 0.6 is 0 Å². The zero-order chi connectivity index (χ0) is 15.0. The zero-order valence-electron chi connectivity index (χ0n) is 12.9. The highest BCUT2D eigenvalue weighted by molar-refractivity contribution is 5.96. The summed E-state index contributed by atoms with van der Waals surface area (Å²) in [5, 5.41) is 0. The normalized spacial score (nSPS) is 11.9. The molecule has 0 rings (SSSR count). The minimum atomic E-state index is -0.538. The molecule has 0 fully saturated rings. The van der Waals surface area contributed by atoms with E-state index in [1.807, 2.05) is 27.7 Å². The number of ether oxygens (including phenoxy) is 2. The van der Waals surface area contributed by atoms with Gasteiger partial charge in [0.25, 0.3) is 0 Å². The van der Waals surface area contributed by atoms with Crippen molar-refractivity contribution in [3.05, 3.63) is 11.1 Å². The van der Waals surface area contributed by atoms with Crippen molar-refractivity contribution in [1.82, 2.24) is 0 Å². The van der Waals surface area contributed by atoms with E-state index in [4.69, 9.17) is 9.47 Å². The first-order chi connectivity index (χ1) is 8.84. The van der Waals surface area contributed by atoms with Gasteiger partial charge >= 0.3 is 11.9 Å². The summed E-state index contributed by atoms with van der Waals surface area (Å²) in [5.74, 6) is -1.01. The Hall–Kier alpha value is -1.32. The monoisotopic (exact) mass is 270 g/mol. The predicted octanol–water partition coefficient (Wildman–Crippen LogP) is 3.11. The average molecular weight is 270 g/mol. The van der Waals surface area contributed by atoms with Crippen molar-refractivity contribution in [2.45, 2.75) is 48.0 Å². The summed E-state index contributed by atoms with van der Waals surface area (Å²) in [4.78, 5) is 24.1. The van der Waals surface area contributed by atoms with Crippen molar-refractivity contribution in [3.63, 3.8) is 0 Å². The lowest BCUT2D eigenvalue weighted by Gasteiger charge is -2.21. The number of carbonyl (C=O) groups is 2. The molecular weight excluding hydrogens is 244 g/mol. The first kappa shape index (κ1) is 17.7. The zero-order valence-corrected chi connectivity index (χ0v) is 12.9. The molecule has 0 radical (unpaired) electrons. The van der Waals surface area contributed by atoms with Crippen LogP contribution in [0, 0.1) is 11.8 Å². The second-order valence-electron chi connectivity index (χ2n) is 5.07. The summed E-state index contributed by atoms with van der Waals surface area (Å²) in [6, 6.07) is 0. The van der Waals surface area contributed by atoms with E-state index in [0.29, 0.717) is 25.2 Å². The smallest absolute Gasteiger partial charge is 0.334 e. The Morgan fingerprint density at radius 2 is 1.53 bits per heavy atom. The van der Waals surface area contributed by atoms with E-state index < -0.39 is 11.9 Å². The molecule has 0 aliphatic carbocycles. The lowest BCUT2D eigenvalue weighted by Crippen LogP contribution is -2.27. The summed E-state index contributed by atoms with van der Waals surface area (Å²) in [6.07, 6.45) is 0.582. The largest absolute Gasteiger partial charge is 0.466 e. The molecule has 4 nitrogen and oxygen atoms in total. The SMILES string of the molecule is CCOC(=O)C(=C(C)C)C(CC(C)C)C(=O)OCC. The Kier molecular flexibility index (Phi) is 8.12. The molecule has 110 valence electrons. The van der Waals surface area contributed by atoms with Gasteiger partial charge in [-0.15, -0.1) is 0 Å². The Labute approximate surface area is 116 Å². The number of allylic oxidation sites excluding steroid dienone is 1. The highest BCUT2D eigenvalue weighted by Crippen LogP contribution is 2.25. The molecule has 0 N–H and O–H groups in total. The minimum absolute atomic E-state index is 0.290. The van der Waals surface area contributed by atoms with Crippen LogP contribution in [0.3, 0.4) is 0 Å². The van der Waals surface area contributed by atoms with Gasteiger partial charge in [-0.1, -0.05) is 19.4 Å². The molecule has 19 heavy (non-hydrogen) atoms. The standard InChI is InChI=1S/C15H26O4/c1-7-18-14(16)12(9-10(3)4)13(11(5)6)15(17)19-8-2/h10,12H,7-9H2,1-6H3. The maximum Gasteiger partial charge on any atom is 0.334 e. The van der Waals surface area contributed by atoms with Crippen molar-refractivity contribution in [2.24, 2.45) is 11.8 Å². The molecule has 0 aromatic carbocycles. The molecule has 1 unspecified atom stereocenters. The molecule has 0 aromatic rings. The summed E-state index contributed by atoms with van der Waals surface area (Å²) >= 11 is 0. The summed E-state index contributed by atoms with van der Waals surface area (Å²) in [5.41, 5.74) is 1.24. The van der Waals surface area contributed by atoms with Gasteiger partial charge in [-0.05, 0) is 40.0 Å². The Morgan fingerprint density at radius 3 is 1.89 bits per heavy atom. The average Bonchev–Trinajstić information content (AvgIpc) is 2.27. The first-order valence-electron chi connectivity index (χ1n) is 6.86. The fourth-order valence-electron chi connectivity index (χ4n) is 1.95. The molecule has 1 atom stereocenters. The van der Waals surface area contributed by atoms with Crippen LogP contribution in [-0.4, -0.2) is 25.2 Å². The second-order valence-corrected chi connectivity index (χ2v) is 5.07. The lowest BCUT2D eigenvalue weighted by atomic mass is 9.87. The van der Waals surface area contributed by atoms with Crippen LogP contribution < -0.4 is 0 Å². The summed E-state index contributed by atoms with van der Waals surface area (Å²) in [7, 11) is 0. The highest BCUT2D eigenvalue weighted by atomic mass is 16.5. The van der Waals surface area contributed by atoms with Crippen molar-refractivity contribution in [2.75, 3.05) is 13.2 Å². The third-order valence-electron chi connectivity index (χ3n) is 2.66. The maximum absolute atomic E-state index is 12.1. The van der Waals surface area contributed by atoms with Crippen LogP contribution in [0.1, 0.15) is 48.0 Å². The van der Waals surface area contributed by atoms with Gasteiger partial charge in [-0.25, -0.2) is 4.79 Å². The van der Waals surface area contributed by atoms with Gasteiger partial charge in [-0.2, -0.15) is 0 Å². The topological polar surface area (TPSA) is 52.6 Å². The molecule has 4 heteroatoms. The van der Waals surface area contributed by atoms with Crippen LogP contribution in [0.4, 0.5) is 0 Å². The summed E-state index contributed by atoms with van der Waals surface area (Å²) < 4.78 is 10.1. The molecule has 0 amide bonds. The van der Waals surface area contributed by atoms with Crippen molar-refractivity contribution < 1.29 is 19.1 Å². The lowest BCUT2D eigenvalue weighted by molar-refractivity contribution is -0.150. The van der Waals surface area contributed by atoms with Crippen LogP contribution in [0.2, 0.25) is 0 Å². The van der Waals surface area contributed by atoms with Crippen molar-refractivity contribution in [1.29, 1.82) is 0 Å². The van der Waals surface area contributed by atoms with E-state index in [2.05, 4.69) is 0 Å². The van der Waals surface area contributed by atoms with Gasteiger partial charge in [0, 0.05) is 0 Å². The van der Waals surface area contributed by atoms with E-state index in [1.165, 1.54) is 0 Å². The number of esters is 2. The molecule has 0 bridgehead atoms. The predicted molar refractivity (Wildman–Crippen MR) is 74.6 cm³/mol. The van der Waals surface area contributed by atoms with E-state index in [1.54, 1.807) is 13.8 Å². The minimum Gasteiger partial charge on any atom is -0.466 e. The molecule has 0 saturated heterocycles. The van der Waals surface area contributed by atoms with E-state index in [9.17, 15) is 9.59 Å². The number of hydrogen-bond acceptors (Lipinski definition) is 4. The first-order valence-corrected chi connectivity index (χ1v) is 6.86. The molecule has 0 aliphatic heterocycles. The van der Waals surface area contributed by atoms with Gasteiger partial charge in [-0.3, -0.25) is 4.79 Å². The molecule has 0 aliphatic rings. The fraction of sp³-hybridized carbons (Fsp3) is 0.733. The van der Waals surface area contributed by atoms with Gasteiger partial charge in [0.1, 0.15) is 0 Å². The van der Waals surface area contributed by atoms with Gasteiger partial charge in [0.2, 0.25) is 0 Å². The molecular formula is C15H26O4. The number of rotatable bonds is 7. The van der Waals surface area contributed by atoms with Crippen molar-refractivity contribution in [3.8, 4) is 0 Å². The third kappa shape index (κ3) is 5.90. The molecule has 0 saturated carbocycles. The van der Waals surface area contributed by atoms with Crippen LogP contribution in [0.25, 0.3) is 0 Å². The number of hydrogen-bond donors (Lipinski definition) is 0. The van der Waals surface area contributed by atoms with Crippen LogP contribution in [0.5, 0.6) is 0 Å². The second kappa shape index (κ2) is 8.73. The molecule has 0 aromatic heterocycles. The van der Waals surface area contributed by atoms with Gasteiger partial charge in [0.15, 0.2) is 0 Å². The van der Waals surface area contributed by atoms with Crippen LogP contribution in [-0.2, 0) is 19.1 Å². The van der Waals surface area contributed by atoms with E-state index in [-0.39, 0.29) is 11.9 Å². The maximum atomic E-state index is 12.1. The van der Waals surface area contributed by atoms with E-state index >= 15 is 0 Å².